The highest BCUT2D eigenvalue weighted by molar-refractivity contribution is 6.03. The lowest BCUT2D eigenvalue weighted by Crippen LogP contribution is -2.52. The van der Waals surface area contributed by atoms with Crippen LogP contribution in [0.4, 0.5) is 4.39 Å². The topological polar surface area (TPSA) is 60.1 Å². The Morgan fingerprint density at radius 1 is 1.05 bits per heavy atom. The molecule has 0 N–H and O–H groups in total. The van der Waals surface area contributed by atoms with Gasteiger partial charge in [-0.2, -0.15) is 0 Å². The molecule has 0 amide bonds. The average molecular weight is 503 g/mol. The molecule has 6 rings (SSSR count). The van der Waals surface area contributed by atoms with Crippen molar-refractivity contribution in [2.45, 2.75) is 45.4 Å². The number of fused-ring (bicyclic) bond motifs is 4. The first-order valence-electron chi connectivity index (χ1n) is 13.0. The van der Waals surface area contributed by atoms with E-state index in [1.54, 1.807) is 18.3 Å². The van der Waals surface area contributed by atoms with Gasteiger partial charge in [-0.05, 0) is 49.4 Å². The van der Waals surface area contributed by atoms with E-state index in [4.69, 9.17) is 16.5 Å². The lowest BCUT2D eigenvalue weighted by molar-refractivity contribution is -0.130. The Morgan fingerprint density at radius 3 is 2.58 bits per heavy atom. The first-order valence-corrected chi connectivity index (χ1v) is 13.0. The van der Waals surface area contributed by atoms with E-state index in [9.17, 15) is 4.79 Å². The minimum absolute atomic E-state index is 0.0455. The fourth-order valence-electron chi connectivity index (χ4n) is 6.65. The number of benzene rings is 2. The Balaban J connectivity index is 1.71. The van der Waals surface area contributed by atoms with E-state index in [-0.39, 0.29) is 23.2 Å². The number of ketones is 1. The number of hydrogen-bond acceptors (Lipinski definition) is 4. The van der Waals surface area contributed by atoms with Crippen LogP contribution in [0, 0.1) is 23.7 Å². The fraction of sp³-hybridized carbons (Fsp3) is 0.281. The molecule has 0 unspecified atom stereocenters. The third-order valence-corrected chi connectivity index (χ3v) is 8.76. The first-order chi connectivity index (χ1) is 18.3. The van der Waals surface area contributed by atoms with Gasteiger partial charge in [-0.15, -0.1) is 0 Å². The van der Waals surface area contributed by atoms with Crippen molar-refractivity contribution in [3.05, 3.63) is 101 Å². The van der Waals surface area contributed by atoms with Crippen molar-refractivity contribution >= 4 is 16.7 Å². The first kappa shape index (κ1) is 24.1. The second kappa shape index (κ2) is 8.66. The summed E-state index contributed by atoms with van der Waals surface area (Å²) in [6.45, 7) is 13.8. The molecule has 4 aromatic rings. The Morgan fingerprint density at radius 2 is 1.82 bits per heavy atom. The van der Waals surface area contributed by atoms with Gasteiger partial charge in [0.05, 0.1) is 23.5 Å². The number of allylic oxidation sites excluding steroid dienone is 2. The van der Waals surface area contributed by atoms with Crippen LogP contribution in [0.1, 0.15) is 44.9 Å². The second-order valence-electron chi connectivity index (χ2n) is 10.7. The summed E-state index contributed by atoms with van der Waals surface area (Å²) >= 11 is 0. The van der Waals surface area contributed by atoms with Crippen LogP contribution < -0.4 is 0 Å². The van der Waals surface area contributed by atoms with Crippen LogP contribution in [0.25, 0.3) is 38.4 Å². The van der Waals surface area contributed by atoms with Crippen LogP contribution in [0.15, 0.2) is 72.6 Å². The van der Waals surface area contributed by atoms with Gasteiger partial charge in [-0.3, -0.25) is 4.98 Å². The van der Waals surface area contributed by atoms with Crippen LogP contribution in [-0.4, -0.2) is 20.7 Å². The molecule has 0 bridgehead atoms. The summed E-state index contributed by atoms with van der Waals surface area (Å²) in [5.74, 6) is -0.00303. The van der Waals surface area contributed by atoms with Crippen molar-refractivity contribution in [1.29, 1.82) is 0 Å². The standard InChI is InChI=1S/C32H27FN4O/c1-5-31(2)26-15-14-22-27(21-11-6-8-12-23(21)33)36-30(20-16-17-35-24-13-9-7-10-19(20)24)37-28(22)32(26,3)18-25(34-4)29(31)38/h6-13,16-18,26H,5,14-15H2,1-3H3/t26-,31-,32-/m1/s1. The highest BCUT2D eigenvalue weighted by Crippen LogP contribution is 2.56. The van der Waals surface area contributed by atoms with Gasteiger partial charge >= 0.3 is 0 Å². The molecular formula is C32H27FN4O. The summed E-state index contributed by atoms with van der Waals surface area (Å²) in [6.07, 6.45) is 5.53. The van der Waals surface area contributed by atoms with Crippen molar-refractivity contribution in [3.63, 3.8) is 0 Å². The molecule has 2 heterocycles. The van der Waals surface area contributed by atoms with Crippen molar-refractivity contribution in [1.82, 2.24) is 15.0 Å². The van der Waals surface area contributed by atoms with Crippen LogP contribution in [-0.2, 0) is 16.6 Å². The molecule has 0 radical (unpaired) electrons. The molecule has 5 nitrogen and oxygen atoms in total. The molecule has 3 atom stereocenters. The van der Waals surface area contributed by atoms with Crippen molar-refractivity contribution in [3.8, 4) is 22.6 Å². The maximum Gasteiger partial charge on any atom is 0.226 e. The monoisotopic (exact) mass is 502 g/mol. The number of pyridine rings is 1. The maximum atomic E-state index is 15.2. The highest BCUT2D eigenvalue weighted by atomic mass is 19.1. The molecule has 2 aromatic carbocycles. The zero-order valence-corrected chi connectivity index (χ0v) is 21.6. The molecule has 0 saturated carbocycles. The molecule has 0 spiro atoms. The SMILES string of the molecule is [C-]#[N+]C1=C[C@@]2(C)c3nc(-c4ccnc5ccccc45)nc(-c4ccccc4F)c3CC[C@@H]2[C@@](C)(CC)C1=O. The van der Waals surface area contributed by atoms with Crippen molar-refractivity contribution in [2.24, 2.45) is 11.3 Å². The molecular weight excluding hydrogens is 475 g/mol. The van der Waals surface area contributed by atoms with E-state index < -0.39 is 10.8 Å². The van der Waals surface area contributed by atoms with Gasteiger partial charge in [0.15, 0.2) is 11.6 Å². The number of halogens is 1. The zero-order chi connectivity index (χ0) is 26.7. The van der Waals surface area contributed by atoms with E-state index in [1.807, 2.05) is 56.3 Å². The Hall–Kier alpha value is -4.24. The molecule has 2 aliphatic rings. The minimum atomic E-state index is -0.688. The third-order valence-electron chi connectivity index (χ3n) is 8.76. The number of carbonyl (C=O) groups is 1. The van der Waals surface area contributed by atoms with Gasteiger partial charge in [-0.1, -0.05) is 57.2 Å². The number of para-hydroxylation sites is 1. The van der Waals surface area contributed by atoms with Crippen molar-refractivity contribution in [2.75, 3.05) is 0 Å². The highest BCUT2D eigenvalue weighted by Gasteiger charge is 2.56. The quantitative estimate of drug-likeness (QED) is 0.280. The molecule has 2 aromatic heterocycles. The maximum absolute atomic E-state index is 15.2. The van der Waals surface area contributed by atoms with Crippen molar-refractivity contribution < 1.29 is 9.18 Å². The Bertz CT molecular complexity index is 1700. The van der Waals surface area contributed by atoms with E-state index in [2.05, 4.69) is 16.8 Å². The molecule has 0 aliphatic heterocycles. The summed E-state index contributed by atoms with van der Waals surface area (Å²) < 4.78 is 15.2. The van der Waals surface area contributed by atoms with Gasteiger partial charge in [0.2, 0.25) is 5.70 Å². The lowest BCUT2D eigenvalue weighted by atomic mass is 9.51. The number of rotatable bonds is 3. The Kier molecular flexibility index (Phi) is 5.50. The summed E-state index contributed by atoms with van der Waals surface area (Å²) in [6, 6.07) is 16.4. The summed E-state index contributed by atoms with van der Waals surface area (Å²) in [4.78, 5) is 31.7. The van der Waals surface area contributed by atoms with Crippen LogP contribution >= 0.6 is 0 Å². The normalized spacial score (nSPS) is 24.3. The predicted molar refractivity (Wildman–Crippen MR) is 145 cm³/mol. The molecule has 6 heteroatoms. The second-order valence-corrected chi connectivity index (χ2v) is 10.7. The molecule has 0 saturated heterocycles. The fourth-order valence-corrected chi connectivity index (χ4v) is 6.65. The van der Waals surface area contributed by atoms with Gasteiger partial charge in [0.1, 0.15) is 5.82 Å². The van der Waals surface area contributed by atoms with E-state index in [0.29, 0.717) is 29.9 Å². The number of nitrogens with zero attached hydrogens (tertiary/aromatic N) is 4. The minimum Gasteiger partial charge on any atom is -0.307 e. The third kappa shape index (κ3) is 3.35. The molecule has 0 fully saturated rings. The Labute approximate surface area is 221 Å². The largest absolute Gasteiger partial charge is 0.307 e. The average Bonchev–Trinajstić information content (AvgIpc) is 2.94. The van der Waals surface area contributed by atoms with Gasteiger partial charge in [0, 0.05) is 39.1 Å². The number of aromatic nitrogens is 3. The lowest BCUT2D eigenvalue weighted by Gasteiger charge is -2.52. The zero-order valence-electron chi connectivity index (χ0n) is 21.6. The predicted octanol–water partition coefficient (Wildman–Crippen LogP) is 7.12. The summed E-state index contributed by atoms with van der Waals surface area (Å²) in [5, 5.41) is 0.904. The van der Waals surface area contributed by atoms with E-state index >= 15 is 4.39 Å². The smallest absolute Gasteiger partial charge is 0.226 e. The summed E-state index contributed by atoms with van der Waals surface area (Å²) in [5.41, 5.74) is 3.05. The number of carbonyl (C=O) groups excluding carboxylic acids is 1. The molecule has 38 heavy (non-hydrogen) atoms. The number of Topliss-reactive ketones (excluding diaryl/α,β-unsaturated/α-hetero) is 1. The van der Waals surface area contributed by atoms with Crippen LogP contribution in [0.5, 0.6) is 0 Å². The van der Waals surface area contributed by atoms with Gasteiger partial charge in [-0.25, -0.2) is 19.2 Å². The van der Waals surface area contributed by atoms with Crippen LogP contribution in [0.2, 0.25) is 0 Å². The van der Waals surface area contributed by atoms with Gasteiger partial charge in [0.25, 0.3) is 0 Å². The van der Waals surface area contributed by atoms with Gasteiger partial charge < -0.3 is 4.79 Å². The van der Waals surface area contributed by atoms with Crippen LogP contribution in [0.3, 0.4) is 0 Å². The van der Waals surface area contributed by atoms with E-state index in [0.717, 1.165) is 34.1 Å². The van der Waals surface area contributed by atoms with E-state index in [1.165, 1.54) is 6.07 Å². The summed E-state index contributed by atoms with van der Waals surface area (Å²) in [7, 11) is 0. The number of hydrogen-bond donors (Lipinski definition) is 0. The molecule has 2 aliphatic carbocycles. The molecule has 188 valence electrons.